The predicted molar refractivity (Wildman–Crippen MR) is 95.8 cm³/mol. The van der Waals surface area contributed by atoms with Crippen molar-refractivity contribution < 1.29 is 22.8 Å². The number of likely N-dealkylation sites (N-methyl/N-ethyl adjacent to an activating group) is 1. The lowest BCUT2D eigenvalue weighted by Gasteiger charge is -2.34. The van der Waals surface area contributed by atoms with Crippen molar-refractivity contribution in [1.82, 2.24) is 14.7 Å². The molecule has 1 aromatic carbocycles. The fraction of sp³-hybridized carbons (Fsp3) is 0.579. The molecule has 5 nitrogen and oxygen atoms in total. The van der Waals surface area contributed by atoms with Crippen molar-refractivity contribution >= 4 is 11.8 Å². The smallest absolute Gasteiger partial charge is 0.341 e. The molecule has 1 fully saturated rings. The van der Waals surface area contributed by atoms with E-state index < -0.39 is 11.7 Å². The highest BCUT2D eigenvalue weighted by Gasteiger charge is 2.35. The van der Waals surface area contributed by atoms with Crippen LogP contribution in [0.5, 0.6) is 0 Å². The Hall–Kier alpha value is -2.09. The fourth-order valence-corrected chi connectivity index (χ4v) is 3.23. The Labute approximate surface area is 157 Å². The van der Waals surface area contributed by atoms with Gasteiger partial charge in [0.25, 0.3) is 0 Å². The standard InChI is InChI=1S/C19H26F3N3O2/c1-23(2)10-11-25-13-15(8-9-17(25)26)18(27)24(3)12-14-6-4-5-7-16(14)19(20,21)22/h4-7,15H,8-13H2,1-3H3/t15-/m1/s1. The molecule has 1 aromatic rings. The number of likely N-dealkylation sites (tertiary alicyclic amines) is 1. The van der Waals surface area contributed by atoms with Crippen molar-refractivity contribution in [2.24, 2.45) is 5.92 Å². The van der Waals surface area contributed by atoms with Crippen molar-refractivity contribution in [2.45, 2.75) is 25.6 Å². The summed E-state index contributed by atoms with van der Waals surface area (Å²) in [6.07, 6.45) is -3.74. The van der Waals surface area contributed by atoms with Gasteiger partial charge in [-0.2, -0.15) is 13.2 Å². The molecule has 0 radical (unpaired) electrons. The van der Waals surface area contributed by atoms with Crippen LogP contribution in [-0.2, 0) is 22.3 Å². The molecule has 1 aliphatic rings. The third-order valence-electron chi connectivity index (χ3n) is 4.77. The van der Waals surface area contributed by atoms with Crippen LogP contribution >= 0.6 is 0 Å². The van der Waals surface area contributed by atoms with Crippen LogP contribution < -0.4 is 0 Å². The van der Waals surface area contributed by atoms with Gasteiger partial charge in [0.15, 0.2) is 0 Å². The van der Waals surface area contributed by atoms with Crippen LogP contribution in [0.1, 0.15) is 24.0 Å². The van der Waals surface area contributed by atoms with Crippen molar-refractivity contribution in [3.63, 3.8) is 0 Å². The SMILES string of the molecule is CN(C)CCN1C[C@H](C(=O)N(C)Cc2ccccc2C(F)(F)F)CCC1=O. The second-order valence-corrected chi connectivity index (χ2v) is 7.23. The number of carbonyl (C=O) groups excluding carboxylic acids is 2. The Bertz CT molecular complexity index is 676. The highest BCUT2D eigenvalue weighted by Crippen LogP contribution is 2.32. The Morgan fingerprint density at radius 2 is 1.89 bits per heavy atom. The zero-order valence-electron chi connectivity index (χ0n) is 15.9. The molecule has 2 rings (SSSR count). The third-order valence-corrected chi connectivity index (χ3v) is 4.77. The average molecular weight is 385 g/mol. The molecule has 1 atom stereocenters. The Balaban J connectivity index is 2.04. The first-order chi connectivity index (χ1) is 12.6. The van der Waals surface area contributed by atoms with Gasteiger partial charge in [-0.25, -0.2) is 0 Å². The lowest BCUT2D eigenvalue weighted by atomic mass is 9.95. The number of amides is 2. The first kappa shape index (κ1) is 21.2. The zero-order chi connectivity index (χ0) is 20.2. The Morgan fingerprint density at radius 3 is 2.52 bits per heavy atom. The summed E-state index contributed by atoms with van der Waals surface area (Å²) in [4.78, 5) is 29.8. The van der Waals surface area contributed by atoms with Gasteiger partial charge in [0.1, 0.15) is 0 Å². The van der Waals surface area contributed by atoms with Crippen LogP contribution in [0.4, 0.5) is 13.2 Å². The number of hydrogen-bond acceptors (Lipinski definition) is 3. The molecule has 0 aliphatic carbocycles. The molecule has 150 valence electrons. The van der Waals surface area contributed by atoms with Crippen molar-refractivity contribution in [2.75, 3.05) is 40.8 Å². The highest BCUT2D eigenvalue weighted by atomic mass is 19.4. The summed E-state index contributed by atoms with van der Waals surface area (Å²) < 4.78 is 39.4. The molecule has 8 heteroatoms. The monoisotopic (exact) mass is 385 g/mol. The van der Waals surface area contributed by atoms with Crippen LogP contribution in [-0.4, -0.2) is 67.3 Å². The number of carbonyl (C=O) groups is 2. The Kier molecular flexibility index (Phi) is 6.86. The number of hydrogen-bond donors (Lipinski definition) is 0. The molecule has 1 aliphatic heterocycles. The van der Waals surface area contributed by atoms with Crippen molar-refractivity contribution in [3.8, 4) is 0 Å². The van der Waals surface area contributed by atoms with Gasteiger partial charge < -0.3 is 14.7 Å². The second-order valence-electron chi connectivity index (χ2n) is 7.23. The second kappa shape index (κ2) is 8.73. The molecule has 0 aromatic heterocycles. The molecule has 2 amide bonds. The summed E-state index contributed by atoms with van der Waals surface area (Å²) >= 11 is 0. The summed E-state index contributed by atoms with van der Waals surface area (Å²) in [5, 5.41) is 0. The van der Waals surface area contributed by atoms with Gasteiger partial charge >= 0.3 is 6.18 Å². The van der Waals surface area contributed by atoms with Crippen LogP contribution in [0.15, 0.2) is 24.3 Å². The van der Waals surface area contributed by atoms with E-state index in [-0.39, 0.29) is 36.3 Å². The van der Waals surface area contributed by atoms with Gasteiger partial charge in [-0.15, -0.1) is 0 Å². The lowest BCUT2D eigenvalue weighted by Crippen LogP contribution is -2.47. The normalized spacial score (nSPS) is 18.1. The van der Waals surface area contributed by atoms with Crippen LogP contribution in [0, 0.1) is 5.92 Å². The maximum Gasteiger partial charge on any atom is 0.416 e. The predicted octanol–water partition coefficient (Wildman–Crippen LogP) is 2.46. The number of rotatable bonds is 6. The van der Waals surface area contributed by atoms with E-state index in [2.05, 4.69) is 0 Å². The van der Waals surface area contributed by atoms with E-state index in [0.29, 0.717) is 26.1 Å². The molecular formula is C19H26F3N3O2. The number of benzene rings is 1. The van der Waals surface area contributed by atoms with Crippen LogP contribution in [0.25, 0.3) is 0 Å². The minimum Gasteiger partial charge on any atom is -0.341 e. The number of piperidine rings is 1. The summed E-state index contributed by atoms with van der Waals surface area (Å²) in [6.45, 7) is 1.44. The first-order valence-electron chi connectivity index (χ1n) is 8.92. The quantitative estimate of drug-likeness (QED) is 0.756. The van der Waals surface area contributed by atoms with Gasteiger partial charge in [0.05, 0.1) is 11.5 Å². The van der Waals surface area contributed by atoms with E-state index in [1.807, 2.05) is 19.0 Å². The molecule has 1 heterocycles. The van der Waals surface area contributed by atoms with Gasteiger partial charge in [0.2, 0.25) is 11.8 Å². The van der Waals surface area contributed by atoms with E-state index in [9.17, 15) is 22.8 Å². The molecule has 0 saturated carbocycles. The topological polar surface area (TPSA) is 43.9 Å². The molecule has 0 N–H and O–H groups in total. The maximum atomic E-state index is 13.1. The van der Waals surface area contributed by atoms with E-state index in [0.717, 1.165) is 6.07 Å². The van der Waals surface area contributed by atoms with Gasteiger partial charge in [-0.1, -0.05) is 18.2 Å². The molecule has 0 unspecified atom stereocenters. The molecule has 27 heavy (non-hydrogen) atoms. The molecular weight excluding hydrogens is 359 g/mol. The fourth-order valence-electron chi connectivity index (χ4n) is 3.23. The highest BCUT2D eigenvalue weighted by molar-refractivity contribution is 5.83. The maximum absolute atomic E-state index is 13.1. The summed E-state index contributed by atoms with van der Waals surface area (Å²) in [7, 11) is 5.32. The van der Waals surface area contributed by atoms with E-state index in [4.69, 9.17) is 0 Å². The number of nitrogens with zero attached hydrogens (tertiary/aromatic N) is 3. The Morgan fingerprint density at radius 1 is 1.22 bits per heavy atom. The summed E-state index contributed by atoms with van der Waals surface area (Å²) in [6, 6.07) is 5.28. The average Bonchev–Trinajstić information content (AvgIpc) is 2.59. The molecule has 0 bridgehead atoms. The third kappa shape index (κ3) is 5.69. The first-order valence-corrected chi connectivity index (χ1v) is 8.92. The van der Waals surface area contributed by atoms with Crippen molar-refractivity contribution in [3.05, 3.63) is 35.4 Å². The van der Waals surface area contributed by atoms with Crippen molar-refractivity contribution in [1.29, 1.82) is 0 Å². The lowest BCUT2D eigenvalue weighted by molar-refractivity contribution is -0.144. The van der Waals surface area contributed by atoms with E-state index in [1.54, 1.807) is 4.90 Å². The minimum atomic E-state index is -4.46. The van der Waals surface area contributed by atoms with E-state index in [1.165, 1.54) is 30.1 Å². The zero-order valence-corrected chi connectivity index (χ0v) is 15.9. The van der Waals surface area contributed by atoms with Gasteiger partial charge in [0, 0.05) is 39.6 Å². The largest absolute Gasteiger partial charge is 0.416 e. The summed E-state index contributed by atoms with van der Waals surface area (Å²) in [5.41, 5.74) is -0.659. The minimum absolute atomic E-state index is 0.0194. The van der Waals surface area contributed by atoms with Gasteiger partial charge in [-0.3, -0.25) is 9.59 Å². The van der Waals surface area contributed by atoms with Crippen LogP contribution in [0.3, 0.4) is 0 Å². The van der Waals surface area contributed by atoms with Gasteiger partial charge in [-0.05, 0) is 32.1 Å². The number of halogens is 3. The molecule has 1 saturated heterocycles. The van der Waals surface area contributed by atoms with Crippen LogP contribution in [0.2, 0.25) is 0 Å². The summed E-state index contributed by atoms with van der Waals surface area (Å²) in [5.74, 6) is -0.590. The number of alkyl halides is 3. The van der Waals surface area contributed by atoms with E-state index >= 15 is 0 Å². The molecule has 0 spiro atoms.